The summed E-state index contributed by atoms with van der Waals surface area (Å²) < 4.78 is 7.92. The molecule has 1 N–H and O–H groups in total. The van der Waals surface area contributed by atoms with Crippen molar-refractivity contribution in [3.05, 3.63) is 24.0 Å². The number of hydrogen-bond acceptors (Lipinski definition) is 3. The van der Waals surface area contributed by atoms with E-state index >= 15 is 0 Å². The van der Waals surface area contributed by atoms with Gasteiger partial charge in [0.05, 0.1) is 18.8 Å². The van der Waals surface area contributed by atoms with E-state index in [0.717, 1.165) is 31.9 Å². The molecule has 0 radical (unpaired) electrons. The molecule has 102 valence electrons. The molecular weight excluding hydrogens is 228 g/mol. The molecule has 1 aromatic heterocycles. The summed E-state index contributed by atoms with van der Waals surface area (Å²) in [7, 11) is 0. The van der Waals surface area contributed by atoms with Crippen LogP contribution in [0.1, 0.15) is 32.6 Å². The lowest BCUT2D eigenvalue weighted by molar-refractivity contribution is -0.0463. The molecule has 0 saturated carbocycles. The number of rotatable bonds is 4. The number of morpholine rings is 1. The molecule has 1 aliphatic rings. The quantitative estimate of drug-likeness (QED) is 0.885. The van der Waals surface area contributed by atoms with Crippen LogP contribution in [0.4, 0.5) is 0 Å². The Bertz CT molecular complexity index is 374. The van der Waals surface area contributed by atoms with E-state index in [1.54, 1.807) is 6.92 Å². The first-order valence-corrected chi connectivity index (χ1v) is 6.76. The van der Waals surface area contributed by atoms with Crippen LogP contribution in [0, 0.1) is 0 Å². The van der Waals surface area contributed by atoms with Crippen LogP contribution in [0.5, 0.6) is 0 Å². The highest BCUT2D eigenvalue weighted by molar-refractivity contribution is 5.09. The van der Waals surface area contributed by atoms with E-state index in [-0.39, 0.29) is 6.10 Å². The van der Waals surface area contributed by atoms with Crippen LogP contribution < -0.4 is 0 Å². The topological polar surface area (TPSA) is 37.6 Å². The maximum absolute atomic E-state index is 9.69. The first-order valence-electron chi connectivity index (χ1n) is 6.76. The summed E-state index contributed by atoms with van der Waals surface area (Å²) in [6.45, 7) is 9.84. The van der Waals surface area contributed by atoms with Crippen molar-refractivity contribution in [2.75, 3.05) is 19.7 Å². The Morgan fingerprint density at radius 1 is 1.44 bits per heavy atom. The van der Waals surface area contributed by atoms with Gasteiger partial charge in [0.2, 0.25) is 0 Å². The second kappa shape index (κ2) is 5.87. The van der Waals surface area contributed by atoms with Gasteiger partial charge in [0.25, 0.3) is 0 Å². The molecule has 0 bridgehead atoms. The smallest absolute Gasteiger partial charge is 0.0911 e. The predicted octanol–water partition coefficient (Wildman–Crippen LogP) is 1.65. The Labute approximate surface area is 109 Å². The average Bonchev–Trinajstić information content (AvgIpc) is 2.77. The molecule has 0 spiro atoms. The lowest BCUT2D eigenvalue weighted by Gasteiger charge is -2.36. The highest BCUT2D eigenvalue weighted by atomic mass is 16.5. The molecule has 1 fully saturated rings. The Morgan fingerprint density at radius 3 is 2.89 bits per heavy atom. The summed E-state index contributed by atoms with van der Waals surface area (Å²) in [5.41, 5.74) is 0.959. The monoisotopic (exact) mass is 252 g/mol. The molecule has 0 aliphatic carbocycles. The van der Waals surface area contributed by atoms with Gasteiger partial charge >= 0.3 is 0 Å². The van der Waals surface area contributed by atoms with E-state index in [1.807, 2.05) is 18.3 Å². The second-order valence-electron chi connectivity index (χ2n) is 5.34. The standard InChI is InChI=1S/C14H24N2O2/c1-11(2)15-7-8-18-13(9-15)10-16-6-4-5-14(16)12(3)17/h4-6,11-13,17H,7-10H2,1-3H3. The fraction of sp³-hybridized carbons (Fsp3) is 0.714. The maximum atomic E-state index is 9.69. The summed E-state index contributed by atoms with van der Waals surface area (Å²) in [5.74, 6) is 0. The van der Waals surface area contributed by atoms with E-state index < -0.39 is 6.10 Å². The first-order chi connectivity index (χ1) is 8.58. The zero-order chi connectivity index (χ0) is 13.1. The van der Waals surface area contributed by atoms with Gasteiger partial charge in [-0.2, -0.15) is 0 Å². The van der Waals surface area contributed by atoms with Crippen molar-refractivity contribution in [3.63, 3.8) is 0 Å². The van der Waals surface area contributed by atoms with Crippen molar-refractivity contribution in [2.45, 2.75) is 45.6 Å². The van der Waals surface area contributed by atoms with E-state index in [2.05, 4.69) is 23.3 Å². The molecule has 2 heterocycles. The predicted molar refractivity (Wildman–Crippen MR) is 71.5 cm³/mol. The minimum Gasteiger partial charge on any atom is -0.387 e. The third-order valence-electron chi connectivity index (χ3n) is 3.59. The highest BCUT2D eigenvalue weighted by Gasteiger charge is 2.23. The van der Waals surface area contributed by atoms with E-state index in [4.69, 9.17) is 4.74 Å². The lowest BCUT2D eigenvalue weighted by atomic mass is 10.2. The van der Waals surface area contributed by atoms with Gasteiger partial charge in [0.15, 0.2) is 0 Å². The van der Waals surface area contributed by atoms with E-state index in [9.17, 15) is 5.11 Å². The van der Waals surface area contributed by atoms with Gasteiger partial charge < -0.3 is 14.4 Å². The second-order valence-corrected chi connectivity index (χ2v) is 5.34. The molecule has 2 atom stereocenters. The number of aromatic nitrogens is 1. The van der Waals surface area contributed by atoms with Crippen LogP contribution in [0.2, 0.25) is 0 Å². The maximum Gasteiger partial charge on any atom is 0.0911 e. The van der Waals surface area contributed by atoms with Crippen molar-refractivity contribution in [1.82, 2.24) is 9.47 Å². The fourth-order valence-electron chi connectivity index (χ4n) is 2.51. The Kier molecular flexibility index (Phi) is 4.43. The normalized spacial score (nSPS) is 23.5. The van der Waals surface area contributed by atoms with Gasteiger partial charge in [0.1, 0.15) is 0 Å². The molecule has 2 rings (SSSR count). The molecule has 0 aromatic carbocycles. The van der Waals surface area contributed by atoms with Gasteiger partial charge in [-0.05, 0) is 32.9 Å². The van der Waals surface area contributed by atoms with Crippen molar-refractivity contribution in [3.8, 4) is 0 Å². The van der Waals surface area contributed by atoms with Crippen LogP contribution >= 0.6 is 0 Å². The van der Waals surface area contributed by atoms with Gasteiger partial charge in [-0.25, -0.2) is 0 Å². The molecule has 4 nitrogen and oxygen atoms in total. The average molecular weight is 252 g/mol. The summed E-state index contributed by atoms with van der Waals surface area (Å²) in [6.07, 6.45) is 1.80. The van der Waals surface area contributed by atoms with Crippen LogP contribution in [0.15, 0.2) is 18.3 Å². The van der Waals surface area contributed by atoms with E-state index in [0.29, 0.717) is 6.04 Å². The highest BCUT2D eigenvalue weighted by Crippen LogP contribution is 2.16. The van der Waals surface area contributed by atoms with Crippen molar-refractivity contribution >= 4 is 0 Å². The Morgan fingerprint density at radius 2 is 2.22 bits per heavy atom. The Balaban J connectivity index is 1.98. The SMILES string of the molecule is CC(O)c1cccn1CC1CN(C(C)C)CCO1. The first kappa shape index (κ1) is 13.6. The zero-order valence-corrected chi connectivity index (χ0v) is 11.5. The molecule has 1 aromatic rings. The van der Waals surface area contributed by atoms with Gasteiger partial charge in [-0.3, -0.25) is 4.90 Å². The fourth-order valence-corrected chi connectivity index (χ4v) is 2.51. The molecule has 18 heavy (non-hydrogen) atoms. The third kappa shape index (κ3) is 3.13. The third-order valence-corrected chi connectivity index (χ3v) is 3.59. The minimum atomic E-state index is -0.426. The number of aliphatic hydroxyl groups excluding tert-OH is 1. The molecular formula is C14H24N2O2. The lowest BCUT2D eigenvalue weighted by Crippen LogP contribution is -2.47. The van der Waals surface area contributed by atoms with Crippen LogP contribution in [-0.4, -0.2) is 46.4 Å². The number of ether oxygens (including phenoxy) is 1. The molecule has 4 heteroatoms. The minimum absolute atomic E-state index is 0.214. The van der Waals surface area contributed by atoms with Crippen LogP contribution in [-0.2, 0) is 11.3 Å². The Hall–Kier alpha value is -0.840. The summed E-state index contributed by atoms with van der Waals surface area (Å²) >= 11 is 0. The van der Waals surface area contributed by atoms with Crippen molar-refractivity contribution < 1.29 is 9.84 Å². The number of nitrogens with zero attached hydrogens (tertiary/aromatic N) is 2. The summed E-state index contributed by atoms with van der Waals surface area (Å²) in [5, 5.41) is 9.69. The van der Waals surface area contributed by atoms with Gasteiger partial charge in [-0.15, -0.1) is 0 Å². The molecule has 0 amide bonds. The number of aliphatic hydroxyl groups is 1. The van der Waals surface area contributed by atoms with E-state index in [1.165, 1.54) is 0 Å². The molecule has 1 aliphatic heterocycles. The van der Waals surface area contributed by atoms with Crippen LogP contribution in [0.3, 0.4) is 0 Å². The largest absolute Gasteiger partial charge is 0.387 e. The van der Waals surface area contributed by atoms with Crippen molar-refractivity contribution in [2.24, 2.45) is 0 Å². The summed E-state index contributed by atoms with van der Waals surface area (Å²) in [6, 6.07) is 4.51. The van der Waals surface area contributed by atoms with Crippen LogP contribution in [0.25, 0.3) is 0 Å². The number of hydrogen-bond donors (Lipinski definition) is 1. The molecule has 1 saturated heterocycles. The van der Waals surface area contributed by atoms with Crippen molar-refractivity contribution in [1.29, 1.82) is 0 Å². The zero-order valence-electron chi connectivity index (χ0n) is 11.5. The van der Waals surface area contributed by atoms with Gasteiger partial charge in [-0.1, -0.05) is 0 Å². The van der Waals surface area contributed by atoms with Gasteiger partial charge in [0, 0.05) is 37.6 Å². The molecule has 2 unspecified atom stereocenters. The summed E-state index contributed by atoms with van der Waals surface area (Å²) in [4.78, 5) is 2.44.